The van der Waals surface area contributed by atoms with Crippen LogP contribution >= 0.6 is 11.3 Å². The summed E-state index contributed by atoms with van der Waals surface area (Å²) in [6.07, 6.45) is 3.26. The summed E-state index contributed by atoms with van der Waals surface area (Å²) >= 11 is 1.83. The van der Waals surface area contributed by atoms with Gasteiger partial charge in [0.25, 0.3) is 0 Å². The molecule has 1 aromatic heterocycles. The van der Waals surface area contributed by atoms with Gasteiger partial charge in [-0.3, -0.25) is 4.99 Å². The van der Waals surface area contributed by atoms with Gasteiger partial charge in [-0.1, -0.05) is 19.1 Å². The Balaban J connectivity index is 1.49. The van der Waals surface area contributed by atoms with Crippen molar-refractivity contribution in [3.05, 3.63) is 51.7 Å². The first-order valence-electron chi connectivity index (χ1n) is 9.85. The first kappa shape index (κ1) is 20.2. The van der Waals surface area contributed by atoms with Gasteiger partial charge in [-0.15, -0.1) is 11.3 Å². The molecule has 1 aliphatic rings. The van der Waals surface area contributed by atoms with E-state index in [1.807, 2.05) is 40.5 Å². The summed E-state index contributed by atoms with van der Waals surface area (Å²) in [7, 11) is 1.77. The van der Waals surface area contributed by atoms with E-state index in [2.05, 4.69) is 40.0 Å². The van der Waals surface area contributed by atoms with Crippen molar-refractivity contribution in [1.82, 2.24) is 15.5 Å². The SMILES string of the molecule is CCc1ccc(CNC(=NC)NCc2cccc(NC(=O)N3CCCC3)c2)s1. The number of hydrogen-bond acceptors (Lipinski definition) is 3. The Morgan fingerprint density at radius 2 is 1.86 bits per heavy atom. The van der Waals surface area contributed by atoms with E-state index in [1.54, 1.807) is 7.05 Å². The highest BCUT2D eigenvalue weighted by Gasteiger charge is 2.17. The molecule has 3 rings (SSSR count). The topological polar surface area (TPSA) is 68.8 Å². The van der Waals surface area contributed by atoms with Crippen LogP contribution in [0.2, 0.25) is 0 Å². The number of nitrogens with one attached hydrogen (secondary N) is 3. The molecule has 1 saturated heterocycles. The summed E-state index contributed by atoms with van der Waals surface area (Å²) in [5.41, 5.74) is 1.91. The number of nitrogens with zero attached hydrogens (tertiary/aromatic N) is 2. The Hall–Kier alpha value is -2.54. The Bertz CT molecular complexity index is 811. The average Bonchev–Trinajstić information content (AvgIpc) is 3.40. The molecule has 1 aliphatic heterocycles. The number of hydrogen-bond donors (Lipinski definition) is 3. The molecule has 2 heterocycles. The van der Waals surface area contributed by atoms with Crippen molar-refractivity contribution in [2.75, 3.05) is 25.5 Å². The molecular formula is C21H29N5OS. The number of benzene rings is 1. The van der Waals surface area contributed by atoms with E-state index < -0.39 is 0 Å². The zero-order valence-corrected chi connectivity index (χ0v) is 17.4. The third-order valence-electron chi connectivity index (χ3n) is 4.75. The molecule has 0 bridgehead atoms. The van der Waals surface area contributed by atoms with Gasteiger partial charge in [-0.2, -0.15) is 0 Å². The molecule has 0 saturated carbocycles. The molecule has 28 heavy (non-hydrogen) atoms. The summed E-state index contributed by atoms with van der Waals surface area (Å²) in [6.45, 7) is 5.26. The van der Waals surface area contributed by atoms with E-state index in [-0.39, 0.29) is 6.03 Å². The Morgan fingerprint density at radius 3 is 2.57 bits per heavy atom. The van der Waals surface area contributed by atoms with Gasteiger partial charge in [0.05, 0.1) is 6.54 Å². The second-order valence-electron chi connectivity index (χ2n) is 6.83. The first-order valence-corrected chi connectivity index (χ1v) is 10.7. The van der Waals surface area contributed by atoms with Crippen molar-refractivity contribution in [2.24, 2.45) is 4.99 Å². The number of guanidine groups is 1. The fourth-order valence-corrected chi connectivity index (χ4v) is 4.06. The van der Waals surface area contributed by atoms with Crippen LogP contribution in [0.1, 0.15) is 35.1 Å². The largest absolute Gasteiger partial charge is 0.352 e. The lowest BCUT2D eigenvalue weighted by molar-refractivity contribution is 0.222. The number of anilines is 1. The van der Waals surface area contributed by atoms with Crippen LogP contribution in [0, 0.1) is 0 Å². The third-order valence-corrected chi connectivity index (χ3v) is 5.98. The van der Waals surface area contributed by atoms with E-state index in [0.717, 1.165) is 56.1 Å². The van der Waals surface area contributed by atoms with Gasteiger partial charge >= 0.3 is 6.03 Å². The average molecular weight is 400 g/mol. The molecular weight excluding hydrogens is 370 g/mol. The molecule has 1 fully saturated rings. The second kappa shape index (κ2) is 10.1. The van der Waals surface area contributed by atoms with Gasteiger partial charge in [-0.05, 0) is 49.1 Å². The number of urea groups is 1. The van der Waals surface area contributed by atoms with Crippen LogP contribution in [0.15, 0.2) is 41.4 Å². The van der Waals surface area contributed by atoms with Crippen LogP contribution in [0.3, 0.4) is 0 Å². The quantitative estimate of drug-likeness (QED) is 0.511. The van der Waals surface area contributed by atoms with Crippen LogP contribution in [0.4, 0.5) is 10.5 Å². The van der Waals surface area contributed by atoms with Crippen molar-refractivity contribution >= 4 is 29.0 Å². The van der Waals surface area contributed by atoms with Gasteiger partial charge in [0, 0.05) is 42.1 Å². The molecule has 3 N–H and O–H groups in total. The monoisotopic (exact) mass is 399 g/mol. The zero-order chi connectivity index (χ0) is 19.8. The molecule has 0 unspecified atom stereocenters. The Morgan fingerprint density at radius 1 is 1.11 bits per heavy atom. The number of aryl methyl sites for hydroxylation is 1. The lowest BCUT2D eigenvalue weighted by Gasteiger charge is -2.17. The van der Waals surface area contributed by atoms with E-state index in [4.69, 9.17) is 0 Å². The van der Waals surface area contributed by atoms with Gasteiger partial charge in [0.1, 0.15) is 0 Å². The molecule has 150 valence electrons. The summed E-state index contributed by atoms with van der Waals surface area (Å²) in [5.74, 6) is 0.762. The minimum Gasteiger partial charge on any atom is -0.352 e. The fraction of sp³-hybridized carbons (Fsp3) is 0.429. The molecule has 0 atom stereocenters. The maximum Gasteiger partial charge on any atom is 0.321 e. The second-order valence-corrected chi connectivity index (χ2v) is 8.08. The van der Waals surface area contributed by atoms with Crippen molar-refractivity contribution in [3.8, 4) is 0 Å². The van der Waals surface area contributed by atoms with Crippen molar-refractivity contribution < 1.29 is 4.79 Å². The number of carbonyl (C=O) groups is 1. The van der Waals surface area contributed by atoms with Crippen LogP contribution in [-0.4, -0.2) is 37.0 Å². The maximum absolute atomic E-state index is 12.3. The van der Waals surface area contributed by atoms with E-state index in [0.29, 0.717) is 6.54 Å². The molecule has 2 amide bonds. The standard InChI is InChI=1S/C21H29N5OS/c1-3-18-9-10-19(28-18)15-24-20(22-2)23-14-16-7-6-8-17(13-16)25-21(27)26-11-4-5-12-26/h6-10,13H,3-5,11-12,14-15H2,1-2H3,(H,25,27)(H2,22,23,24). The highest BCUT2D eigenvalue weighted by molar-refractivity contribution is 7.11. The Kier molecular flexibility index (Phi) is 7.31. The van der Waals surface area contributed by atoms with Crippen molar-refractivity contribution in [3.63, 3.8) is 0 Å². The van der Waals surface area contributed by atoms with Crippen LogP contribution < -0.4 is 16.0 Å². The predicted octanol–water partition coefficient (Wildman–Crippen LogP) is 3.80. The van der Waals surface area contributed by atoms with E-state index in [9.17, 15) is 4.79 Å². The Labute approximate surface area is 171 Å². The zero-order valence-electron chi connectivity index (χ0n) is 16.6. The van der Waals surface area contributed by atoms with Gasteiger partial charge in [-0.25, -0.2) is 4.79 Å². The smallest absolute Gasteiger partial charge is 0.321 e. The van der Waals surface area contributed by atoms with Crippen LogP contribution in [0.5, 0.6) is 0 Å². The number of carbonyl (C=O) groups excluding carboxylic acids is 1. The molecule has 2 aromatic rings. The number of rotatable bonds is 6. The molecule has 0 spiro atoms. The molecule has 1 aromatic carbocycles. The summed E-state index contributed by atoms with van der Waals surface area (Å²) in [4.78, 5) is 21.1. The predicted molar refractivity (Wildman–Crippen MR) is 117 cm³/mol. The number of aliphatic imine (C=N–C) groups is 1. The van der Waals surface area contributed by atoms with Crippen LogP contribution in [0.25, 0.3) is 0 Å². The number of thiophene rings is 1. The fourth-order valence-electron chi connectivity index (χ4n) is 3.17. The molecule has 6 nitrogen and oxygen atoms in total. The molecule has 0 radical (unpaired) electrons. The highest BCUT2D eigenvalue weighted by atomic mass is 32.1. The first-order chi connectivity index (χ1) is 13.7. The highest BCUT2D eigenvalue weighted by Crippen LogP contribution is 2.16. The summed E-state index contributed by atoms with van der Waals surface area (Å²) in [5, 5.41) is 9.68. The third kappa shape index (κ3) is 5.73. The lowest BCUT2D eigenvalue weighted by Crippen LogP contribution is -2.36. The minimum absolute atomic E-state index is 0.0116. The van der Waals surface area contributed by atoms with Gasteiger partial charge in [0.15, 0.2) is 5.96 Å². The normalized spacial score (nSPS) is 14.2. The van der Waals surface area contributed by atoms with Crippen molar-refractivity contribution in [1.29, 1.82) is 0 Å². The van der Waals surface area contributed by atoms with E-state index in [1.165, 1.54) is 9.75 Å². The summed E-state index contributed by atoms with van der Waals surface area (Å²) in [6, 6.07) is 12.3. The van der Waals surface area contributed by atoms with Crippen LogP contribution in [-0.2, 0) is 19.5 Å². The van der Waals surface area contributed by atoms with Gasteiger partial charge < -0.3 is 20.9 Å². The molecule has 0 aliphatic carbocycles. The summed E-state index contributed by atoms with van der Waals surface area (Å²) < 4.78 is 0. The van der Waals surface area contributed by atoms with Crippen molar-refractivity contribution in [2.45, 2.75) is 39.3 Å². The van der Waals surface area contributed by atoms with Gasteiger partial charge in [0.2, 0.25) is 0 Å². The lowest BCUT2D eigenvalue weighted by atomic mass is 10.2. The molecule has 7 heteroatoms. The minimum atomic E-state index is -0.0116. The van der Waals surface area contributed by atoms with E-state index >= 15 is 0 Å². The number of likely N-dealkylation sites (tertiary alicyclic amines) is 1. The number of amides is 2. The maximum atomic E-state index is 12.3.